The third kappa shape index (κ3) is 2.79. The van der Waals surface area contributed by atoms with Crippen LogP contribution < -0.4 is 4.72 Å². The standard InChI is InChI=1S/C16H16FN3O2S/c1-3-23(21,22)20-14-5-4-11(10(2)15(14)17)12-6-8-18-16-13(12)7-9-19-16/h4-9,20H,3H2,1-2H3,(H,18,19). The SMILES string of the molecule is CCS(=O)(=O)Nc1ccc(-c2ccnc3[nH]ccc23)c(C)c1F. The average molecular weight is 333 g/mol. The number of H-pyrrole nitrogens is 1. The fourth-order valence-corrected chi connectivity index (χ4v) is 3.13. The van der Waals surface area contributed by atoms with Gasteiger partial charge in [-0.05, 0) is 48.7 Å². The molecule has 0 saturated heterocycles. The number of rotatable bonds is 4. The number of halogens is 1. The minimum absolute atomic E-state index is 0.0348. The first kappa shape index (κ1) is 15.5. The van der Waals surface area contributed by atoms with E-state index < -0.39 is 15.8 Å². The summed E-state index contributed by atoms with van der Waals surface area (Å²) < 4.78 is 40.1. The topological polar surface area (TPSA) is 74.8 Å². The van der Waals surface area contributed by atoms with Crippen LogP contribution in [0.25, 0.3) is 22.2 Å². The van der Waals surface area contributed by atoms with Crippen LogP contribution in [-0.4, -0.2) is 24.1 Å². The van der Waals surface area contributed by atoms with Crippen LogP contribution in [-0.2, 0) is 10.0 Å². The molecule has 2 heterocycles. The lowest BCUT2D eigenvalue weighted by Gasteiger charge is -2.13. The highest BCUT2D eigenvalue weighted by Gasteiger charge is 2.16. The fraction of sp³-hybridized carbons (Fsp3) is 0.188. The first-order chi connectivity index (χ1) is 10.9. The second-order valence-electron chi connectivity index (χ2n) is 5.20. The van der Waals surface area contributed by atoms with Crippen molar-refractivity contribution in [2.24, 2.45) is 0 Å². The van der Waals surface area contributed by atoms with E-state index in [4.69, 9.17) is 0 Å². The summed E-state index contributed by atoms with van der Waals surface area (Å²) in [6.45, 7) is 3.13. The van der Waals surface area contributed by atoms with E-state index >= 15 is 0 Å². The third-order valence-corrected chi connectivity index (χ3v) is 5.07. The van der Waals surface area contributed by atoms with Gasteiger partial charge in [-0.25, -0.2) is 17.8 Å². The summed E-state index contributed by atoms with van der Waals surface area (Å²) in [5, 5.41) is 0.886. The quantitative estimate of drug-likeness (QED) is 0.768. The van der Waals surface area contributed by atoms with Crippen molar-refractivity contribution < 1.29 is 12.8 Å². The molecule has 0 spiro atoms. The molecule has 7 heteroatoms. The van der Waals surface area contributed by atoms with Crippen LogP contribution in [0.3, 0.4) is 0 Å². The summed E-state index contributed by atoms with van der Waals surface area (Å²) in [7, 11) is -3.52. The first-order valence-corrected chi connectivity index (χ1v) is 8.80. The van der Waals surface area contributed by atoms with Crippen LogP contribution in [0, 0.1) is 12.7 Å². The van der Waals surface area contributed by atoms with Crippen LogP contribution in [0.2, 0.25) is 0 Å². The molecule has 120 valence electrons. The van der Waals surface area contributed by atoms with E-state index in [1.54, 1.807) is 25.4 Å². The molecule has 2 N–H and O–H groups in total. The Morgan fingerprint density at radius 2 is 2.00 bits per heavy atom. The van der Waals surface area contributed by atoms with Gasteiger partial charge in [0.15, 0.2) is 5.82 Å². The number of nitrogens with one attached hydrogen (secondary N) is 2. The van der Waals surface area contributed by atoms with Crippen molar-refractivity contribution in [1.29, 1.82) is 0 Å². The Morgan fingerprint density at radius 1 is 1.22 bits per heavy atom. The number of anilines is 1. The van der Waals surface area contributed by atoms with Gasteiger partial charge in [-0.1, -0.05) is 6.07 Å². The number of sulfonamides is 1. The van der Waals surface area contributed by atoms with Crippen molar-refractivity contribution in [2.45, 2.75) is 13.8 Å². The maximum atomic E-state index is 14.6. The van der Waals surface area contributed by atoms with Crippen molar-refractivity contribution in [1.82, 2.24) is 9.97 Å². The van der Waals surface area contributed by atoms with Crippen molar-refractivity contribution in [3.05, 3.63) is 48.0 Å². The van der Waals surface area contributed by atoms with Gasteiger partial charge >= 0.3 is 0 Å². The van der Waals surface area contributed by atoms with Crippen LogP contribution >= 0.6 is 0 Å². The van der Waals surface area contributed by atoms with Crippen LogP contribution in [0.5, 0.6) is 0 Å². The molecule has 1 aromatic carbocycles. The summed E-state index contributed by atoms with van der Waals surface area (Å²) in [6.07, 6.45) is 3.43. The third-order valence-electron chi connectivity index (χ3n) is 3.78. The van der Waals surface area contributed by atoms with Gasteiger partial charge in [0.2, 0.25) is 10.0 Å². The Kier molecular flexibility index (Phi) is 3.81. The van der Waals surface area contributed by atoms with Gasteiger partial charge in [-0.3, -0.25) is 4.72 Å². The predicted octanol–water partition coefficient (Wildman–Crippen LogP) is 3.44. The maximum Gasteiger partial charge on any atom is 0.232 e. The lowest BCUT2D eigenvalue weighted by molar-refractivity contribution is 0.599. The molecule has 0 unspecified atom stereocenters. The van der Waals surface area contributed by atoms with Crippen LogP contribution in [0.1, 0.15) is 12.5 Å². The zero-order valence-corrected chi connectivity index (χ0v) is 13.5. The molecule has 5 nitrogen and oxygen atoms in total. The lowest BCUT2D eigenvalue weighted by atomic mass is 9.98. The number of hydrogen-bond donors (Lipinski definition) is 2. The number of pyridine rings is 1. The van der Waals surface area contributed by atoms with E-state index in [9.17, 15) is 12.8 Å². The van der Waals surface area contributed by atoms with Gasteiger partial charge in [0.1, 0.15) is 5.65 Å². The number of aromatic amines is 1. The lowest BCUT2D eigenvalue weighted by Crippen LogP contribution is -2.16. The largest absolute Gasteiger partial charge is 0.346 e. The van der Waals surface area contributed by atoms with E-state index in [0.717, 1.165) is 16.6 Å². The highest BCUT2D eigenvalue weighted by atomic mass is 32.2. The Labute approximate surface area is 133 Å². The molecule has 2 aromatic heterocycles. The van der Waals surface area contributed by atoms with Crippen molar-refractivity contribution >= 4 is 26.7 Å². The molecule has 0 aliphatic carbocycles. The second kappa shape index (κ2) is 5.66. The van der Waals surface area contributed by atoms with Gasteiger partial charge in [0.25, 0.3) is 0 Å². The van der Waals surface area contributed by atoms with E-state index in [0.29, 0.717) is 11.1 Å². The molecular formula is C16H16FN3O2S. The number of benzene rings is 1. The molecule has 3 aromatic rings. The predicted molar refractivity (Wildman–Crippen MR) is 89.3 cm³/mol. The summed E-state index contributed by atoms with van der Waals surface area (Å²) in [5.41, 5.74) is 2.62. The molecule has 0 aliphatic rings. The van der Waals surface area contributed by atoms with Crippen molar-refractivity contribution in [3.63, 3.8) is 0 Å². The Balaban J connectivity index is 2.13. The zero-order valence-electron chi connectivity index (χ0n) is 12.7. The summed E-state index contributed by atoms with van der Waals surface area (Å²) in [4.78, 5) is 7.23. The Hall–Kier alpha value is -2.41. The number of aromatic nitrogens is 2. The van der Waals surface area contributed by atoms with Crippen LogP contribution in [0.15, 0.2) is 36.7 Å². The minimum atomic E-state index is -3.52. The molecule has 0 amide bonds. The maximum absolute atomic E-state index is 14.6. The first-order valence-electron chi connectivity index (χ1n) is 7.15. The molecule has 23 heavy (non-hydrogen) atoms. The molecular weight excluding hydrogens is 317 g/mol. The molecule has 0 radical (unpaired) electrons. The van der Waals surface area contributed by atoms with Gasteiger partial charge in [0, 0.05) is 17.8 Å². The van der Waals surface area contributed by atoms with Gasteiger partial charge < -0.3 is 4.98 Å². The van der Waals surface area contributed by atoms with Gasteiger partial charge in [-0.2, -0.15) is 0 Å². The smallest absolute Gasteiger partial charge is 0.232 e. The van der Waals surface area contributed by atoms with Crippen LogP contribution in [0.4, 0.5) is 10.1 Å². The highest BCUT2D eigenvalue weighted by molar-refractivity contribution is 7.92. The fourth-order valence-electron chi connectivity index (χ4n) is 2.49. The van der Waals surface area contributed by atoms with Gasteiger partial charge in [-0.15, -0.1) is 0 Å². The van der Waals surface area contributed by atoms with Crippen molar-refractivity contribution in [2.75, 3.05) is 10.5 Å². The Morgan fingerprint density at radius 3 is 2.74 bits per heavy atom. The number of fused-ring (bicyclic) bond motifs is 1. The number of nitrogens with zero attached hydrogens (tertiary/aromatic N) is 1. The Bertz CT molecular complexity index is 980. The summed E-state index contributed by atoms with van der Waals surface area (Å²) in [5.74, 6) is -0.679. The van der Waals surface area contributed by atoms with E-state index in [2.05, 4.69) is 14.7 Å². The summed E-state index contributed by atoms with van der Waals surface area (Å²) in [6, 6.07) is 6.86. The molecule has 3 rings (SSSR count). The molecule has 0 aliphatic heterocycles. The minimum Gasteiger partial charge on any atom is -0.346 e. The highest BCUT2D eigenvalue weighted by Crippen LogP contribution is 2.33. The monoisotopic (exact) mass is 333 g/mol. The van der Waals surface area contributed by atoms with E-state index in [-0.39, 0.29) is 11.4 Å². The molecule has 0 fully saturated rings. The van der Waals surface area contributed by atoms with E-state index in [1.807, 2.05) is 12.1 Å². The molecule has 0 atom stereocenters. The second-order valence-corrected chi connectivity index (χ2v) is 7.21. The molecule has 0 bridgehead atoms. The zero-order chi connectivity index (χ0) is 16.6. The van der Waals surface area contributed by atoms with Gasteiger partial charge in [0.05, 0.1) is 11.4 Å². The average Bonchev–Trinajstić information content (AvgIpc) is 3.01. The normalized spacial score (nSPS) is 11.8. The summed E-state index contributed by atoms with van der Waals surface area (Å²) >= 11 is 0. The number of hydrogen-bond acceptors (Lipinski definition) is 3. The van der Waals surface area contributed by atoms with E-state index in [1.165, 1.54) is 13.0 Å². The molecule has 0 saturated carbocycles. The van der Waals surface area contributed by atoms with Crippen molar-refractivity contribution in [3.8, 4) is 11.1 Å².